The predicted octanol–water partition coefficient (Wildman–Crippen LogP) is 2.42. The molecule has 0 unspecified atom stereocenters. The van der Waals surface area contributed by atoms with Gasteiger partial charge in [-0.15, -0.1) is 0 Å². The first kappa shape index (κ1) is 7.66. The van der Waals surface area contributed by atoms with Crippen LogP contribution in [-0.2, 0) is 12.8 Å². The van der Waals surface area contributed by atoms with Gasteiger partial charge in [-0.25, -0.2) is 0 Å². The quantitative estimate of drug-likeness (QED) is 0.700. The Labute approximate surface area is 73.8 Å². The Hall–Kier alpha value is -0.980. The highest BCUT2D eigenvalue weighted by Crippen LogP contribution is 2.25. The van der Waals surface area contributed by atoms with Gasteiger partial charge >= 0.3 is 0 Å². The molecule has 0 amide bonds. The van der Waals surface area contributed by atoms with Crippen LogP contribution in [0.2, 0.25) is 0 Å². The monoisotopic (exact) mass is 160 g/mol. The van der Waals surface area contributed by atoms with Gasteiger partial charge in [0.1, 0.15) is 0 Å². The standard InChI is InChI=1S/C11H14N/c1-2-4-9-5-3-6-11-10(9)7-8-12-11/h3,5-6,12H,1-2,4,7-8H2. The Morgan fingerprint density at radius 3 is 3.17 bits per heavy atom. The molecule has 0 aromatic heterocycles. The van der Waals surface area contributed by atoms with Crippen LogP contribution < -0.4 is 5.32 Å². The molecule has 0 saturated heterocycles. The zero-order valence-electron chi connectivity index (χ0n) is 7.27. The summed E-state index contributed by atoms with van der Waals surface area (Å²) >= 11 is 0. The minimum absolute atomic E-state index is 0.996. The molecule has 0 spiro atoms. The average Bonchev–Trinajstić information content (AvgIpc) is 2.53. The Kier molecular flexibility index (Phi) is 2.03. The summed E-state index contributed by atoms with van der Waals surface area (Å²) < 4.78 is 0. The molecule has 1 aromatic rings. The maximum absolute atomic E-state index is 3.89. The maximum Gasteiger partial charge on any atom is 0.0376 e. The molecular formula is C11H14N. The van der Waals surface area contributed by atoms with Crippen molar-refractivity contribution in [2.24, 2.45) is 0 Å². The number of benzene rings is 1. The number of fused-ring (bicyclic) bond motifs is 1. The van der Waals surface area contributed by atoms with E-state index in [1.54, 1.807) is 0 Å². The van der Waals surface area contributed by atoms with Crippen LogP contribution in [0, 0.1) is 6.92 Å². The summed E-state index contributed by atoms with van der Waals surface area (Å²) in [6, 6.07) is 6.51. The van der Waals surface area contributed by atoms with E-state index in [1.165, 1.54) is 23.2 Å². The Bertz CT molecular complexity index is 278. The molecule has 1 N–H and O–H groups in total. The molecule has 1 heteroatoms. The number of aryl methyl sites for hydroxylation is 1. The topological polar surface area (TPSA) is 12.0 Å². The van der Waals surface area contributed by atoms with Crippen molar-refractivity contribution in [2.45, 2.75) is 19.3 Å². The zero-order chi connectivity index (χ0) is 8.39. The SMILES string of the molecule is [CH2]CCc1cccc2c1CCN2. The Morgan fingerprint density at radius 1 is 1.42 bits per heavy atom. The van der Waals surface area contributed by atoms with E-state index in [0.29, 0.717) is 0 Å². The molecule has 0 aliphatic carbocycles. The van der Waals surface area contributed by atoms with Gasteiger partial charge in [0.2, 0.25) is 0 Å². The van der Waals surface area contributed by atoms with Gasteiger partial charge in [0.05, 0.1) is 0 Å². The summed E-state index contributed by atoms with van der Waals surface area (Å²) in [5, 5.41) is 3.38. The van der Waals surface area contributed by atoms with E-state index >= 15 is 0 Å². The van der Waals surface area contributed by atoms with Gasteiger partial charge in [-0.3, -0.25) is 0 Å². The molecule has 1 aliphatic heterocycles. The lowest BCUT2D eigenvalue weighted by Gasteiger charge is -2.05. The maximum atomic E-state index is 3.89. The van der Waals surface area contributed by atoms with E-state index in [-0.39, 0.29) is 0 Å². The molecule has 1 heterocycles. The lowest BCUT2D eigenvalue weighted by molar-refractivity contribution is 0.967. The van der Waals surface area contributed by atoms with E-state index in [9.17, 15) is 0 Å². The third kappa shape index (κ3) is 1.20. The summed E-state index contributed by atoms with van der Waals surface area (Å²) in [4.78, 5) is 0. The van der Waals surface area contributed by atoms with Crippen LogP contribution in [0.4, 0.5) is 5.69 Å². The highest BCUT2D eigenvalue weighted by atomic mass is 14.9. The first-order chi connectivity index (χ1) is 5.92. The van der Waals surface area contributed by atoms with Crippen LogP contribution in [0.15, 0.2) is 18.2 Å². The summed E-state index contributed by atoms with van der Waals surface area (Å²) in [6.07, 6.45) is 3.30. The van der Waals surface area contributed by atoms with Crippen LogP contribution >= 0.6 is 0 Å². The Balaban J connectivity index is 2.36. The fraction of sp³-hybridized carbons (Fsp3) is 0.364. The van der Waals surface area contributed by atoms with Gasteiger partial charge < -0.3 is 5.32 Å². The lowest BCUT2D eigenvalue weighted by atomic mass is 10.0. The zero-order valence-corrected chi connectivity index (χ0v) is 7.27. The van der Waals surface area contributed by atoms with Crippen molar-refractivity contribution < 1.29 is 0 Å². The Morgan fingerprint density at radius 2 is 2.33 bits per heavy atom. The van der Waals surface area contributed by atoms with Crippen molar-refractivity contribution in [3.8, 4) is 0 Å². The van der Waals surface area contributed by atoms with Crippen LogP contribution in [0.1, 0.15) is 17.5 Å². The highest BCUT2D eigenvalue weighted by molar-refractivity contribution is 5.58. The summed E-state index contributed by atoms with van der Waals surface area (Å²) in [5.41, 5.74) is 4.33. The number of rotatable bonds is 2. The normalized spacial score (nSPS) is 14.1. The van der Waals surface area contributed by atoms with Gasteiger partial charge in [0.15, 0.2) is 0 Å². The van der Waals surface area contributed by atoms with Crippen molar-refractivity contribution in [2.75, 3.05) is 11.9 Å². The lowest BCUT2D eigenvalue weighted by Crippen LogP contribution is -1.90. The van der Waals surface area contributed by atoms with Crippen LogP contribution in [0.3, 0.4) is 0 Å². The van der Waals surface area contributed by atoms with Crippen molar-refractivity contribution in [3.05, 3.63) is 36.2 Å². The predicted molar refractivity (Wildman–Crippen MR) is 52.3 cm³/mol. The van der Waals surface area contributed by atoms with Crippen molar-refractivity contribution in [1.29, 1.82) is 0 Å². The molecule has 2 rings (SSSR count). The highest BCUT2D eigenvalue weighted by Gasteiger charge is 2.12. The summed E-state index contributed by atoms with van der Waals surface area (Å²) in [6.45, 7) is 4.99. The molecule has 1 nitrogen and oxygen atoms in total. The van der Waals surface area contributed by atoms with Crippen molar-refractivity contribution in [3.63, 3.8) is 0 Å². The fourth-order valence-corrected chi connectivity index (χ4v) is 1.84. The molecule has 1 radical (unpaired) electrons. The van der Waals surface area contributed by atoms with Crippen LogP contribution in [0.25, 0.3) is 0 Å². The third-order valence-electron chi connectivity index (χ3n) is 2.41. The van der Waals surface area contributed by atoms with E-state index in [4.69, 9.17) is 0 Å². The number of hydrogen-bond acceptors (Lipinski definition) is 1. The second kappa shape index (κ2) is 3.18. The molecule has 1 aliphatic rings. The van der Waals surface area contributed by atoms with Crippen LogP contribution in [-0.4, -0.2) is 6.54 Å². The minimum atomic E-state index is 0.996. The second-order valence-electron chi connectivity index (χ2n) is 3.22. The fourth-order valence-electron chi connectivity index (χ4n) is 1.84. The molecule has 12 heavy (non-hydrogen) atoms. The van der Waals surface area contributed by atoms with Crippen LogP contribution in [0.5, 0.6) is 0 Å². The number of nitrogens with one attached hydrogen (secondary N) is 1. The second-order valence-corrected chi connectivity index (χ2v) is 3.22. The van der Waals surface area contributed by atoms with Gasteiger partial charge in [0, 0.05) is 12.2 Å². The summed E-state index contributed by atoms with van der Waals surface area (Å²) in [5.74, 6) is 0. The minimum Gasteiger partial charge on any atom is -0.384 e. The van der Waals surface area contributed by atoms with Gasteiger partial charge in [-0.1, -0.05) is 19.1 Å². The van der Waals surface area contributed by atoms with E-state index in [1.807, 2.05) is 0 Å². The van der Waals surface area contributed by atoms with Crippen molar-refractivity contribution >= 4 is 5.69 Å². The molecule has 0 bridgehead atoms. The molecule has 63 valence electrons. The van der Waals surface area contributed by atoms with E-state index < -0.39 is 0 Å². The first-order valence-electron chi connectivity index (χ1n) is 4.55. The molecular weight excluding hydrogens is 146 g/mol. The van der Waals surface area contributed by atoms with E-state index in [0.717, 1.165) is 19.4 Å². The van der Waals surface area contributed by atoms with Gasteiger partial charge in [0.25, 0.3) is 0 Å². The largest absolute Gasteiger partial charge is 0.384 e. The molecule has 0 atom stereocenters. The number of anilines is 1. The van der Waals surface area contributed by atoms with Crippen molar-refractivity contribution in [1.82, 2.24) is 0 Å². The first-order valence-corrected chi connectivity index (χ1v) is 4.55. The molecule has 0 saturated carbocycles. The summed E-state index contributed by atoms with van der Waals surface area (Å²) in [7, 11) is 0. The average molecular weight is 160 g/mol. The smallest absolute Gasteiger partial charge is 0.0376 e. The molecule has 0 fully saturated rings. The van der Waals surface area contributed by atoms with Gasteiger partial charge in [-0.05, 0) is 36.5 Å². The van der Waals surface area contributed by atoms with Gasteiger partial charge in [-0.2, -0.15) is 0 Å². The number of hydrogen-bond donors (Lipinski definition) is 1. The van der Waals surface area contributed by atoms with E-state index in [2.05, 4.69) is 30.4 Å². The third-order valence-corrected chi connectivity index (χ3v) is 2.41. The molecule has 1 aromatic carbocycles.